The molecule has 2 aliphatic rings. The van der Waals surface area contributed by atoms with Gasteiger partial charge in [-0.3, -0.25) is 39.0 Å². The van der Waals surface area contributed by atoms with Crippen molar-refractivity contribution in [3.8, 4) is 28.1 Å². The number of carboxylic acids is 1. The van der Waals surface area contributed by atoms with E-state index < -0.39 is 60.1 Å². The lowest BCUT2D eigenvalue weighted by atomic mass is 9.94. The predicted octanol–water partition coefficient (Wildman–Crippen LogP) is 7.26. The van der Waals surface area contributed by atoms with E-state index in [0.29, 0.717) is 110 Å². The van der Waals surface area contributed by atoms with Gasteiger partial charge in [-0.25, -0.2) is 9.07 Å². The van der Waals surface area contributed by atoms with Gasteiger partial charge in [0.05, 0.1) is 99.5 Å². The third kappa shape index (κ3) is 16.5. The zero-order chi connectivity index (χ0) is 58.8. The lowest BCUT2D eigenvalue weighted by Crippen LogP contribution is -2.54. The number of imide groups is 2. The zero-order valence-electron chi connectivity index (χ0n) is 46.6. The fourth-order valence-corrected chi connectivity index (χ4v) is 10.2. The van der Waals surface area contributed by atoms with Crippen LogP contribution in [0.5, 0.6) is 5.75 Å². The van der Waals surface area contributed by atoms with Gasteiger partial charge in [-0.05, 0) is 129 Å². The molecule has 22 heteroatoms. The normalized spacial score (nSPS) is 14.9. The highest BCUT2D eigenvalue weighted by molar-refractivity contribution is 6.23. The van der Waals surface area contributed by atoms with Gasteiger partial charge in [0.2, 0.25) is 11.8 Å². The molecule has 0 aliphatic carbocycles. The molecule has 5 amide bonds. The number of aliphatic carboxylic acids is 1. The van der Waals surface area contributed by atoms with E-state index in [-0.39, 0.29) is 55.2 Å². The summed E-state index contributed by atoms with van der Waals surface area (Å²) in [7, 11) is 0. The molecule has 3 atom stereocenters. The highest BCUT2D eigenvalue weighted by Gasteiger charge is 2.44. The molecule has 1 fully saturated rings. The number of benzene rings is 4. The molecule has 0 bridgehead atoms. The maximum Gasteiger partial charge on any atom is 0.305 e. The van der Waals surface area contributed by atoms with Gasteiger partial charge in [0.1, 0.15) is 17.6 Å². The fourth-order valence-electron chi connectivity index (χ4n) is 10.2. The summed E-state index contributed by atoms with van der Waals surface area (Å²) in [5.41, 5.74) is 6.12. The summed E-state index contributed by atoms with van der Waals surface area (Å²) in [5.74, 6) is -3.78. The minimum absolute atomic E-state index is 0.0541. The van der Waals surface area contributed by atoms with Gasteiger partial charge in [0.25, 0.3) is 17.7 Å². The first-order valence-electron chi connectivity index (χ1n) is 28.1. The van der Waals surface area contributed by atoms with E-state index in [2.05, 4.69) is 26.3 Å². The van der Waals surface area contributed by atoms with Crippen molar-refractivity contribution in [3.05, 3.63) is 137 Å². The Bertz CT molecular complexity index is 3200. The van der Waals surface area contributed by atoms with Crippen LogP contribution in [0.25, 0.3) is 22.4 Å². The summed E-state index contributed by atoms with van der Waals surface area (Å²) in [6.07, 6.45) is 2.49. The van der Waals surface area contributed by atoms with Crippen molar-refractivity contribution in [2.45, 2.75) is 109 Å². The van der Waals surface area contributed by atoms with E-state index in [1.54, 1.807) is 47.1 Å². The van der Waals surface area contributed by atoms with Crippen LogP contribution in [-0.2, 0) is 48.1 Å². The molecule has 0 saturated carbocycles. The van der Waals surface area contributed by atoms with E-state index in [1.165, 1.54) is 12.1 Å². The minimum Gasteiger partial charge on any atom is -0.494 e. The van der Waals surface area contributed by atoms with Crippen LogP contribution in [0.3, 0.4) is 0 Å². The van der Waals surface area contributed by atoms with Crippen molar-refractivity contribution in [2.24, 2.45) is 0 Å². The number of piperidine rings is 1. The Morgan fingerprint density at radius 1 is 0.771 bits per heavy atom. The molecule has 21 nitrogen and oxygen atoms in total. The molecule has 0 spiro atoms. The first kappa shape index (κ1) is 60.9. The first-order valence-corrected chi connectivity index (χ1v) is 28.1. The van der Waals surface area contributed by atoms with Crippen molar-refractivity contribution in [2.75, 3.05) is 63.4 Å². The van der Waals surface area contributed by atoms with Crippen molar-refractivity contribution in [1.82, 2.24) is 29.8 Å². The number of carbonyl (C=O) groups excluding carboxylic acids is 5. The number of hydrogen-bond acceptors (Lipinski definition) is 15. The Kier molecular flexibility index (Phi) is 21.8. The van der Waals surface area contributed by atoms with Crippen LogP contribution in [0.1, 0.15) is 114 Å². The number of aliphatic hydroxyl groups excluding tert-OH is 2. The van der Waals surface area contributed by atoms with Crippen molar-refractivity contribution in [3.63, 3.8) is 0 Å². The lowest BCUT2D eigenvalue weighted by Gasteiger charge is -2.27. The molecule has 0 radical (unpaired) electrons. The molecule has 440 valence electrons. The van der Waals surface area contributed by atoms with Crippen LogP contribution in [0.2, 0.25) is 0 Å². The third-order valence-electron chi connectivity index (χ3n) is 14.1. The van der Waals surface area contributed by atoms with E-state index in [0.717, 1.165) is 36.3 Å². The number of aromatic nitrogens is 4. The van der Waals surface area contributed by atoms with Gasteiger partial charge in [0.15, 0.2) is 0 Å². The van der Waals surface area contributed by atoms with Crippen LogP contribution < -0.4 is 20.7 Å². The zero-order valence-corrected chi connectivity index (χ0v) is 46.6. The summed E-state index contributed by atoms with van der Waals surface area (Å²) in [6.45, 7) is 7.86. The molecule has 2 aromatic heterocycles. The molecule has 1 unspecified atom stereocenters. The Hall–Kier alpha value is -8.15. The number of nitrogens with zero attached hydrogens (tertiary/aromatic N) is 5. The number of amides is 5. The number of hydrogen-bond donors (Lipinski definition) is 6. The standard InChI is InChI=1S/C61H71FN8O13/c1-39(2)56-55(59(77)64-43-11-5-3-6-12-43)54(57(40-15-17-42(62)18-16-40)69(56)25-23-46(71)36-47(72)37-53(74)75)41-10-9-14-48(34-41)83-27-8-4-7-13-45-38-68(67-66-45)26-29-81-31-33-82-32-30-80-28-24-63-44-19-20-49-50(35-44)61(79)70(60(49)78)51-21-22-52(73)65-58(51)76/h3,5-6,9-12,14-20,34-35,38-39,46-47,51,63,71-72H,4,7-8,13,21-33,36-37H2,1-2H3,(H,64,77)(H,74,75)(H,65,73,76)/t46-,47-,51?/m1/s1. The highest BCUT2D eigenvalue weighted by Crippen LogP contribution is 2.44. The van der Waals surface area contributed by atoms with Gasteiger partial charge in [-0.1, -0.05) is 49.4 Å². The Balaban J connectivity index is 0.756. The molecule has 1 saturated heterocycles. The molecular formula is C61H71FN8O13. The Morgan fingerprint density at radius 2 is 1.51 bits per heavy atom. The number of unbranched alkanes of at least 4 members (excludes halogenated alkanes) is 2. The summed E-state index contributed by atoms with van der Waals surface area (Å²) >= 11 is 0. The van der Waals surface area contributed by atoms with Gasteiger partial charge in [-0.2, -0.15) is 0 Å². The second-order valence-electron chi connectivity index (χ2n) is 20.7. The molecule has 6 N–H and O–H groups in total. The predicted molar refractivity (Wildman–Crippen MR) is 304 cm³/mol. The molecule has 2 aliphatic heterocycles. The van der Waals surface area contributed by atoms with Crippen molar-refractivity contribution >= 4 is 46.9 Å². The number of carboxylic acid groups (broad SMARTS) is 1. The number of anilines is 2. The van der Waals surface area contributed by atoms with E-state index >= 15 is 0 Å². The average Bonchev–Trinajstić information content (AvgIpc) is 3.54. The number of carbonyl (C=O) groups is 6. The summed E-state index contributed by atoms with van der Waals surface area (Å²) in [4.78, 5) is 76.8. The van der Waals surface area contributed by atoms with Crippen molar-refractivity contribution in [1.29, 1.82) is 0 Å². The monoisotopic (exact) mass is 1140 g/mol. The molecular weight excluding hydrogens is 1070 g/mol. The maximum absolute atomic E-state index is 14.7. The number of aryl methyl sites for hydroxylation is 1. The summed E-state index contributed by atoms with van der Waals surface area (Å²) in [5, 5.41) is 47.6. The van der Waals surface area contributed by atoms with Gasteiger partial charge in [-0.15, -0.1) is 5.10 Å². The average molecular weight is 1140 g/mol. The second-order valence-corrected chi connectivity index (χ2v) is 20.7. The molecule has 4 heterocycles. The van der Waals surface area contributed by atoms with Crippen LogP contribution >= 0.6 is 0 Å². The topological polar surface area (TPSA) is 275 Å². The molecule has 4 aromatic carbocycles. The maximum atomic E-state index is 14.7. The quantitative estimate of drug-likeness (QED) is 0.0175. The van der Waals surface area contributed by atoms with Crippen LogP contribution in [0.4, 0.5) is 15.8 Å². The number of ether oxygens (including phenoxy) is 4. The number of rotatable bonds is 33. The number of para-hydroxylation sites is 1. The van der Waals surface area contributed by atoms with Crippen LogP contribution in [0, 0.1) is 5.82 Å². The Morgan fingerprint density at radius 3 is 2.24 bits per heavy atom. The van der Waals surface area contributed by atoms with Gasteiger partial charge >= 0.3 is 5.97 Å². The summed E-state index contributed by atoms with van der Waals surface area (Å²) < 4.78 is 41.6. The molecule has 8 rings (SSSR count). The second kappa shape index (κ2) is 29.7. The third-order valence-corrected chi connectivity index (χ3v) is 14.1. The Labute approximate surface area is 480 Å². The summed E-state index contributed by atoms with van der Waals surface area (Å²) in [6, 6.07) is 26.4. The highest BCUT2D eigenvalue weighted by atomic mass is 19.1. The largest absolute Gasteiger partial charge is 0.494 e. The number of nitrogens with one attached hydrogen (secondary N) is 3. The van der Waals surface area contributed by atoms with E-state index in [9.17, 15) is 48.5 Å². The lowest BCUT2D eigenvalue weighted by molar-refractivity contribution is -0.140. The number of fused-ring (bicyclic) bond motifs is 1. The van der Waals surface area contributed by atoms with Crippen LogP contribution in [0.15, 0.2) is 103 Å². The minimum atomic E-state index is -1.24. The molecule has 6 aromatic rings. The number of halogens is 1. The SMILES string of the molecule is CC(C)c1c(C(=O)Nc2ccccc2)c(-c2cccc(OCCCCCc3cn(CCOCCOCCOCCNc4ccc5c(c4)C(=O)N(C4CCC(=O)NC4=O)C5=O)nn3)c2)c(-c2ccc(F)cc2)n1CC[C@@H](O)C[C@@H](O)CC(=O)O. The fraction of sp³-hybridized carbons (Fsp3) is 0.410. The van der Waals surface area contributed by atoms with Gasteiger partial charge in [0, 0.05) is 48.3 Å². The van der Waals surface area contributed by atoms with Crippen LogP contribution in [-0.4, -0.2) is 146 Å². The van der Waals surface area contributed by atoms with Gasteiger partial charge < -0.3 is 49.5 Å². The molecule has 83 heavy (non-hydrogen) atoms. The number of aliphatic hydroxyl groups is 2. The van der Waals surface area contributed by atoms with E-state index in [1.807, 2.05) is 67.1 Å². The van der Waals surface area contributed by atoms with E-state index in [4.69, 9.17) is 18.9 Å². The first-order chi connectivity index (χ1) is 40.1. The smallest absolute Gasteiger partial charge is 0.305 e. The van der Waals surface area contributed by atoms with Crippen molar-refractivity contribution < 1.29 is 67.4 Å².